The number of nitrogens with zero attached hydrogens (tertiary/aromatic N) is 3. The molecule has 0 saturated carbocycles. The van der Waals surface area contributed by atoms with Crippen LogP contribution < -0.4 is 5.56 Å². The van der Waals surface area contributed by atoms with Crippen molar-refractivity contribution in [2.75, 3.05) is 6.54 Å². The summed E-state index contributed by atoms with van der Waals surface area (Å²) in [5.41, 5.74) is 3.90. The molecule has 4 rings (SSSR count). The van der Waals surface area contributed by atoms with Gasteiger partial charge in [0.05, 0.1) is 5.69 Å². The lowest BCUT2D eigenvalue weighted by Crippen LogP contribution is -2.34. The molecule has 0 unspecified atom stereocenters. The highest BCUT2D eigenvalue weighted by atomic mass is 32.1. The van der Waals surface area contributed by atoms with Crippen LogP contribution >= 0.6 is 11.3 Å². The van der Waals surface area contributed by atoms with Gasteiger partial charge >= 0.3 is 0 Å². The Balaban J connectivity index is 1.64. The minimum absolute atomic E-state index is 0.0167. The van der Waals surface area contributed by atoms with Gasteiger partial charge in [0.1, 0.15) is 5.82 Å². The maximum atomic E-state index is 12.4. The zero-order valence-electron chi connectivity index (χ0n) is 12.5. The van der Waals surface area contributed by atoms with Crippen molar-refractivity contribution in [3.8, 4) is 11.4 Å². The molecule has 4 heterocycles. The van der Waals surface area contributed by atoms with Crippen LogP contribution in [0.25, 0.3) is 11.4 Å². The van der Waals surface area contributed by atoms with Gasteiger partial charge in [-0.15, -0.1) is 0 Å². The molecule has 1 aliphatic heterocycles. The van der Waals surface area contributed by atoms with E-state index >= 15 is 0 Å². The third-order valence-electron chi connectivity index (χ3n) is 4.09. The lowest BCUT2D eigenvalue weighted by atomic mass is 10.1. The van der Waals surface area contributed by atoms with Crippen LogP contribution in [0.3, 0.4) is 0 Å². The summed E-state index contributed by atoms with van der Waals surface area (Å²) in [6, 6.07) is 5.86. The molecule has 1 N–H and O–H groups in total. The Morgan fingerprint density at radius 3 is 2.91 bits per heavy atom. The number of thiophene rings is 1. The molecule has 0 amide bonds. The molecule has 3 aromatic heterocycles. The summed E-state index contributed by atoms with van der Waals surface area (Å²) < 4.78 is 0. The van der Waals surface area contributed by atoms with E-state index in [0.717, 1.165) is 36.3 Å². The number of H-pyrrole nitrogens is 1. The van der Waals surface area contributed by atoms with Crippen molar-refractivity contribution in [3.63, 3.8) is 0 Å². The van der Waals surface area contributed by atoms with Crippen LogP contribution in [0, 0.1) is 0 Å². The maximum Gasteiger partial charge on any atom is 0.254 e. The van der Waals surface area contributed by atoms with Gasteiger partial charge in [-0.3, -0.25) is 14.7 Å². The van der Waals surface area contributed by atoms with Gasteiger partial charge < -0.3 is 4.98 Å². The fourth-order valence-corrected chi connectivity index (χ4v) is 3.58. The molecule has 0 saturated heterocycles. The number of pyridine rings is 1. The van der Waals surface area contributed by atoms with Crippen LogP contribution in [0.4, 0.5) is 0 Å². The van der Waals surface area contributed by atoms with Crippen molar-refractivity contribution in [2.24, 2.45) is 0 Å². The number of aromatic amines is 1. The molecule has 5 nitrogen and oxygen atoms in total. The van der Waals surface area contributed by atoms with Crippen molar-refractivity contribution >= 4 is 11.3 Å². The molecular formula is C17H16N4OS. The van der Waals surface area contributed by atoms with Gasteiger partial charge in [-0.25, -0.2) is 4.98 Å². The quantitative estimate of drug-likeness (QED) is 0.804. The molecule has 0 radical (unpaired) electrons. The van der Waals surface area contributed by atoms with Crippen LogP contribution in [0.2, 0.25) is 0 Å². The van der Waals surface area contributed by atoms with E-state index in [9.17, 15) is 4.79 Å². The Hall–Kier alpha value is -2.31. The normalized spacial score (nSPS) is 14.6. The van der Waals surface area contributed by atoms with E-state index in [4.69, 9.17) is 4.98 Å². The lowest BCUT2D eigenvalue weighted by molar-refractivity contribution is 0.241. The summed E-state index contributed by atoms with van der Waals surface area (Å²) in [5.74, 6) is 0.619. The van der Waals surface area contributed by atoms with Crippen molar-refractivity contribution < 1.29 is 0 Å². The van der Waals surface area contributed by atoms with Crippen LogP contribution in [0.1, 0.15) is 16.8 Å². The van der Waals surface area contributed by atoms with Gasteiger partial charge in [0.2, 0.25) is 0 Å². The molecule has 0 atom stereocenters. The summed E-state index contributed by atoms with van der Waals surface area (Å²) >= 11 is 1.71. The van der Waals surface area contributed by atoms with Gasteiger partial charge in [0.15, 0.2) is 0 Å². The van der Waals surface area contributed by atoms with Crippen LogP contribution in [-0.2, 0) is 19.5 Å². The fraction of sp³-hybridized carbons (Fsp3) is 0.235. The van der Waals surface area contributed by atoms with Gasteiger partial charge in [0, 0.05) is 43.2 Å². The first-order chi connectivity index (χ1) is 11.3. The first-order valence-corrected chi connectivity index (χ1v) is 8.50. The van der Waals surface area contributed by atoms with E-state index < -0.39 is 0 Å². The highest BCUT2D eigenvalue weighted by Gasteiger charge is 2.21. The third kappa shape index (κ3) is 2.95. The monoisotopic (exact) mass is 324 g/mol. The first-order valence-electron chi connectivity index (χ1n) is 7.55. The Bertz CT molecular complexity index is 858. The number of hydrogen-bond donors (Lipinski definition) is 1. The van der Waals surface area contributed by atoms with E-state index in [0.29, 0.717) is 12.4 Å². The molecule has 0 aliphatic carbocycles. The van der Waals surface area contributed by atoms with E-state index in [1.54, 1.807) is 23.7 Å². The summed E-state index contributed by atoms with van der Waals surface area (Å²) in [4.78, 5) is 26.3. The molecule has 0 fully saturated rings. The Kier molecular flexibility index (Phi) is 3.77. The zero-order chi connectivity index (χ0) is 15.6. The molecule has 3 aromatic rings. The largest absolute Gasteiger partial charge is 0.306 e. The SMILES string of the molecule is O=c1[nH]c(-c2ccncc2)nc2c1CCN(Cc1ccsc1)C2. The van der Waals surface area contributed by atoms with E-state index in [1.165, 1.54) is 5.56 Å². The number of hydrogen-bond acceptors (Lipinski definition) is 5. The van der Waals surface area contributed by atoms with Crippen molar-refractivity contribution in [2.45, 2.75) is 19.5 Å². The molecule has 23 heavy (non-hydrogen) atoms. The minimum atomic E-state index is -0.0167. The molecule has 0 aromatic carbocycles. The third-order valence-corrected chi connectivity index (χ3v) is 4.82. The van der Waals surface area contributed by atoms with Gasteiger partial charge in [-0.05, 0) is 40.9 Å². The highest BCUT2D eigenvalue weighted by Crippen LogP contribution is 2.20. The zero-order valence-corrected chi connectivity index (χ0v) is 13.3. The molecule has 0 bridgehead atoms. The van der Waals surface area contributed by atoms with Crippen LogP contribution in [0.5, 0.6) is 0 Å². The predicted octanol–water partition coefficient (Wildman–Crippen LogP) is 2.45. The summed E-state index contributed by atoms with van der Waals surface area (Å²) in [7, 11) is 0. The molecule has 1 aliphatic rings. The van der Waals surface area contributed by atoms with E-state index in [-0.39, 0.29) is 5.56 Å². The first kappa shape index (κ1) is 14.3. The summed E-state index contributed by atoms with van der Waals surface area (Å²) in [5, 5.41) is 4.26. The Labute approximate surface area is 137 Å². The number of rotatable bonds is 3. The molecule has 6 heteroatoms. The van der Waals surface area contributed by atoms with Crippen LogP contribution in [-0.4, -0.2) is 26.4 Å². The number of nitrogens with one attached hydrogen (secondary N) is 1. The lowest BCUT2D eigenvalue weighted by Gasteiger charge is -2.27. The molecule has 116 valence electrons. The van der Waals surface area contributed by atoms with Gasteiger partial charge in [-0.2, -0.15) is 11.3 Å². The van der Waals surface area contributed by atoms with Crippen molar-refractivity contribution in [1.29, 1.82) is 0 Å². The number of fused-ring (bicyclic) bond motifs is 1. The molecule has 0 spiro atoms. The predicted molar refractivity (Wildman–Crippen MR) is 90.2 cm³/mol. The average Bonchev–Trinajstić information content (AvgIpc) is 3.08. The minimum Gasteiger partial charge on any atom is -0.306 e. The topological polar surface area (TPSA) is 61.9 Å². The second-order valence-electron chi connectivity index (χ2n) is 5.67. The van der Waals surface area contributed by atoms with E-state index in [1.807, 2.05) is 12.1 Å². The Morgan fingerprint density at radius 2 is 2.13 bits per heavy atom. The van der Waals surface area contributed by atoms with Crippen LogP contribution in [0.15, 0.2) is 46.1 Å². The summed E-state index contributed by atoms with van der Waals surface area (Å²) in [6.45, 7) is 2.51. The van der Waals surface area contributed by atoms with Crippen molar-refractivity contribution in [3.05, 3.63) is 68.5 Å². The van der Waals surface area contributed by atoms with Gasteiger partial charge in [-0.1, -0.05) is 0 Å². The summed E-state index contributed by atoms with van der Waals surface area (Å²) in [6.07, 6.45) is 4.16. The number of aromatic nitrogens is 3. The second kappa shape index (κ2) is 6.06. The second-order valence-corrected chi connectivity index (χ2v) is 6.45. The van der Waals surface area contributed by atoms with E-state index in [2.05, 4.69) is 31.7 Å². The smallest absolute Gasteiger partial charge is 0.254 e. The molecular weight excluding hydrogens is 308 g/mol. The maximum absolute atomic E-state index is 12.4. The standard InChI is InChI=1S/C17H16N4OS/c22-17-14-3-7-21(9-12-4-8-23-11-12)10-15(14)19-16(20-17)13-1-5-18-6-2-13/h1-2,4-6,8,11H,3,7,9-10H2,(H,19,20,22). The average molecular weight is 324 g/mol. The fourth-order valence-electron chi connectivity index (χ4n) is 2.92. The van der Waals surface area contributed by atoms with Crippen molar-refractivity contribution in [1.82, 2.24) is 19.9 Å². The van der Waals surface area contributed by atoms with Gasteiger partial charge in [0.25, 0.3) is 5.56 Å². The Morgan fingerprint density at radius 1 is 1.26 bits per heavy atom. The highest BCUT2D eigenvalue weighted by molar-refractivity contribution is 7.07.